The second kappa shape index (κ2) is 5.25. The Labute approximate surface area is 122 Å². The second-order valence-corrected chi connectivity index (χ2v) is 4.92. The standard InChI is InChI=1S/C16H13N3O2/c17-8-11-4-6-18-9-15(11)19-7-5-13-12(10-19)2-1-3-14(13)16(20)21/h1-4,6,9H,5,7,10H2,(H,20,21). The molecule has 104 valence electrons. The third-order valence-electron chi connectivity index (χ3n) is 3.76. The lowest BCUT2D eigenvalue weighted by molar-refractivity contribution is 0.0695. The molecular weight excluding hydrogens is 266 g/mol. The van der Waals surface area contributed by atoms with Crippen LogP contribution in [-0.2, 0) is 13.0 Å². The quantitative estimate of drug-likeness (QED) is 0.912. The number of rotatable bonds is 2. The van der Waals surface area contributed by atoms with Crippen molar-refractivity contribution >= 4 is 11.7 Å². The third-order valence-corrected chi connectivity index (χ3v) is 3.76. The van der Waals surface area contributed by atoms with Crippen molar-refractivity contribution in [2.75, 3.05) is 11.4 Å². The average molecular weight is 279 g/mol. The van der Waals surface area contributed by atoms with E-state index in [2.05, 4.69) is 16.0 Å². The molecule has 0 saturated carbocycles. The molecule has 0 atom stereocenters. The summed E-state index contributed by atoms with van der Waals surface area (Å²) in [5.74, 6) is -0.889. The lowest BCUT2D eigenvalue weighted by Gasteiger charge is -2.31. The monoisotopic (exact) mass is 279 g/mol. The van der Waals surface area contributed by atoms with Gasteiger partial charge in [0, 0.05) is 19.3 Å². The highest BCUT2D eigenvalue weighted by Crippen LogP contribution is 2.28. The highest BCUT2D eigenvalue weighted by atomic mass is 16.4. The van der Waals surface area contributed by atoms with Crippen LogP contribution >= 0.6 is 0 Å². The highest BCUT2D eigenvalue weighted by Gasteiger charge is 2.22. The molecule has 1 aromatic carbocycles. The van der Waals surface area contributed by atoms with E-state index in [0.29, 0.717) is 30.6 Å². The normalized spacial score (nSPS) is 13.4. The van der Waals surface area contributed by atoms with E-state index < -0.39 is 5.97 Å². The van der Waals surface area contributed by atoms with E-state index in [1.54, 1.807) is 30.6 Å². The first-order valence-electron chi connectivity index (χ1n) is 6.64. The number of aromatic carboxylic acids is 1. The molecule has 0 spiro atoms. The molecule has 0 unspecified atom stereocenters. The van der Waals surface area contributed by atoms with E-state index in [1.807, 2.05) is 6.07 Å². The molecule has 0 saturated heterocycles. The number of benzene rings is 1. The minimum atomic E-state index is -0.889. The zero-order valence-electron chi connectivity index (χ0n) is 11.3. The van der Waals surface area contributed by atoms with Crippen molar-refractivity contribution in [3.8, 4) is 6.07 Å². The number of pyridine rings is 1. The van der Waals surface area contributed by atoms with Gasteiger partial charge in [-0.2, -0.15) is 5.26 Å². The van der Waals surface area contributed by atoms with Gasteiger partial charge in [0.2, 0.25) is 0 Å². The van der Waals surface area contributed by atoms with Crippen LogP contribution in [0.15, 0.2) is 36.7 Å². The van der Waals surface area contributed by atoms with Gasteiger partial charge in [0.25, 0.3) is 0 Å². The second-order valence-electron chi connectivity index (χ2n) is 4.92. The molecule has 5 heteroatoms. The summed E-state index contributed by atoms with van der Waals surface area (Å²) in [6.45, 7) is 1.27. The molecule has 2 heterocycles. The molecule has 1 aromatic heterocycles. The molecule has 0 amide bonds. The lowest BCUT2D eigenvalue weighted by atomic mass is 9.94. The van der Waals surface area contributed by atoms with Crippen LogP contribution in [0.3, 0.4) is 0 Å². The van der Waals surface area contributed by atoms with Crippen LogP contribution in [0.5, 0.6) is 0 Å². The number of hydrogen-bond donors (Lipinski definition) is 1. The fourth-order valence-electron chi connectivity index (χ4n) is 2.75. The maximum atomic E-state index is 11.3. The van der Waals surface area contributed by atoms with E-state index in [1.165, 1.54) is 0 Å². The van der Waals surface area contributed by atoms with Gasteiger partial charge < -0.3 is 10.0 Å². The number of carbonyl (C=O) groups is 1. The number of nitriles is 1. The van der Waals surface area contributed by atoms with Crippen LogP contribution < -0.4 is 4.90 Å². The van der Waals surface area contributed by atoms with E-state index >= 15 is 0 Å². The van der Waals surface area contributed by atoms with Crippen molar-refractivity contribution in [3.63, 3.8) is 0 Å². The summed E-state index contributed by atoms with van der Waals surface area (Å²) in [5, 5.41) is 18.4. The average Bonchev–Trinajstić information content (AvgIpc) is 2.53. The predicted molar refractivity (Wildman–Crippen MR) is 77.1 cm³/mol. The number of anilines is 1. The Balaban J connectivity index is 1.97. The van der Waals surface area contributed by atoms with Crippen molar-refractivity contribution in [3.05, 3.63) is 58.9 Å². The van der Waals surface area contributed by atoms with Crippen molar-refractivity contribution in [1.29, 1.82) is 5.26 Å². The third kappa shape index (κ3) is 2.32. The summed E-state index contributed by atoms with van der Waals surface area (Å²) < 4.78 is 0. The maximum Gasteiger partial charge on any atom is 0.335 e. The van der Waals surface area contributed by atoms with Crippen LogP contribution in [-0.4, -0.2) is 22.6 Å². The summed E-state index contributed by atoms with van der Waals surface area (Å²) in [6, 6.07) is 9.21. The number of hydrogen-bond acceptors (Lipinski definition) is 4. The molecule has 0 aliphatic carbocycles. The van der Waals surface area contributed by atoms with Gasteiger partial charge in [0.15, 0.2) is 0 Å². The van der Waals surface area contributed by atoms with Gasteiger partial charge in [-0.05, 0) is 29.7 Å². The number of carboxylic acids is 1. The fraction of sp³-hybridized carbons (Fsp3) is 0.188. The number of aromatic nitrogens is 1. The van der Waals surface area contributed by atoms with Crippen molar-refractivity contribution in [1.82, 2.24) is 4.98 Å². The van der Waals surface area contributed by atoms with Crippen molar-refractivity contribution < 1.29 is 9.90 Å². The van der Waals surface area contributed by atoms with Gasteiger partial charge in [0.1, 0.15) is 6.07 Å². The summed E-state index contributed by atoms with van der Waals surface area (Å²) in [7, 11) is 0. The van der Waals surface area contributed by atoms with Crippen LogP contribution in [0.25, 0.3) is 0 Å². The van der Waals surface area contributed by atoms with E-state index in [4.69, 9.17) is 0 Å². The molecule has 3 rings (SSSR count). The minimum absolute atomic E-state index is 0.374. The Morgan fingerprint density at radius 2 is 2.24 bits per heavy atom. The molecule has 1 aliphatic rings. The van der Waals surface area contributed by atoms with Gasteiger partial charge in [0.05, 0.1) is 23.0 Å². The summed E-state index contributed by atoms with van der Waals surface area (Å²) >= 11 is 0. The zero-order chi connectivity index (χ0) is 14.8. The molecule has 0 bridgehead atoms. The Hall–Kier alpha value is -2.87. The first-order chi connectivity index (χ1) is 10.2. The molecule has 1 N–H and O–H groups in total. The van der Waals surface area contributed by atoms with Gasteiger partial charge in [-0.15, -0.1) is 0 Å². The molecule has 21 heavy (non-hydrogen) atoms. The minimum Gasteiger partial charge on any atom is -0.478 e. The molecule has 0 radical (unpaired) electrons. The van der Waals surface area contributed by atoms with Crippen LogP contribution in [0.4, 0.5) is 5.69 Å². The smallest absolute Gasteiger partial charge is 0.335 e. The first-order valence-corrected chi connectivity index (χ1v) is 6.64. The van der Waals surface area contributed by atoms with Gasteiger partial charge in [-0.25, -0.2) is 4.79 Å². The van der Waals surface area contributed by atoms with Crippen LogP contribution in [0.1, 0.15) is 27.0 Å². The van der Waals surface area contributed by atoms with Crippen LogP contribution in [0.2, 0.25) is 0 Å². The predicted octanol–water partition coefficient (Wildman–Crippen LogP) is 2.21. The maximum absolute atomic E-state index is 11.3. The Bertz CT molecular complexity index is 749. The molecular formula is C16H13N3O2. The van der Waals surface area contributed by atoms with Gasteiger partial charge >= 0.3 is 5.97 Å². The van der Waals surface area contributed by atoms with Crippen molar-refractivity contribution in [2.24, 2.45) is 0 Å². The van der Waals surface area contributed by atoms with Gasteiger partial charge in [-0.1, -0.05) is 12.1 Å². The summed E-state index contributed by atoms with van der Waals surface area (Å²) in [4.78, 5) is 17.4. The van der Waals surface area contributed by atoms with Crippen molar-refractivity contribution in [2.45, 2.75) is 13.0 Å². The molecule has 2 aromatic rings. The molecule has 1 aliphatic heterocycles. The Morgan fingerprint density at radius 3 is 3.00 bits per heavy atom. The largest absolute Gasteiger partial charge is 0.478 e. The van der Waals surface area contributed by atoms with Crippen LogP contribution in [0, 0.1) is 11.3 Å². The van der Waals surface area contributed by atoms with Gasteiger partial charge in [-0.3, -0.25) is 4.98 Å². The lowest BCUT2D eigenvalue weighted by Crippen LogP contribution is -2.32. The fourth-order valence-corrected chi connectivity index (χ4v) is 2.75. The highest BCUT2D eigenvalue weighted by molar-refractivity contribution is 5.90. The molecule has 5 nitrogen and oxygen atoms in total. The zero-order valence-corrected chi connectivity index (χ0v) is 11.3. The first kappa shape index (κ1) is 13.1. The SMILES string of the molecule is N#Cc1ccncc1N1CCc2c(cccc2C(=O)O)C1. The Morgan fingerprint density at radius 1 is 1.38 bits per heavy atom. The Kier molecular flexibility index (Phi) is 3.28. The number of carboxylic acid groups (broad SMARTS) is 1. The topological polar surface area (TPSA) is 77.2 Å². The van der Waals surface area contributed by atoms with E-state index in [-0.39, 0.29) is 0 Å². The summed E-state index contributed by atoms with van der Waals surface area (Å²) in [5.41, 5.74) is 3.64. The number of nitrogens with zero attached hydrogens (tertiary/aromatic N) is 3. The molecule has 0 fully saturated rings. The van der Waals surface area contributed by atoms with E-state index in [0.717, 1.165) is 16.8 Å². The van der Waals surface area contributed by atoms with E-state index in [9.17, 15) is 15.2 Å². The summed E-state index contributed by atoms with van der Waals surface area (Å²) in [6.07, 6.45) is 3.94. The number of fused-ring (bicyclic) bond motifs is 1.